The number of nitrogens with one attached hydrogen (secondary N) is 3. The first-order valence-electron chi connectivity index (χ1n) is 6.78. The third-order valence-corrected chi connectivity index (χ3v) is 3.71. The van der Waals surface area contributed by atoms with Crippen molar-refractivity contribution in [2.24, 2.45) is 5.92 Å². The average Bonchev–Trinajstić information content (AvgIpc) is 2.46. The Morgan fingerprint density at radius 2 is 1.59 bits per heavy atom. The number of carbonyl (C=O) groups excluding carboxylic acids is 3. The quantitative estimate of drug-likeness (QED) is 0.711. The van der Waals surface area contributed by atoms with Gasteiger partial charge in [0.2, 0.25) is 5.91 Å². The van der Waals surface area contributed by atoms with Gasteiger partial charge in [0.05, 0.1) is 0 Å². The van der Waals surface area contributed by atoms with Crippen LogP contribution in [-0.4, -0.2) is 30.8 Å². The highest BCUT2D eigenvalue weighted by atomic mass is 35.5. The molecule has 1 aromatic carbocycles. The van der Waals surface area contributed by atoms with Crippen LogP contribution >= 0.6 is 23.2 Å². The molecule has 1 fully saturated rings. The molecule has 22 heavy (non-hydrogen) atoms. The molecule has 1 aromatic rings. The van der Waals surface area contributed by atoms with E-state index in [1.165, 1.54) is 18.2 Å². The molecular weight excluding hydrogens is 329 g/mol. The summed E-state index contributed by atoms with van der Waals surface area (Å²) >= 11 is 11.6. The molecule has 0 spiro atoms. The van der Waals surface area contributed by atoms with Crippen LogP contribution in [0.1, 0.15) is 12.8 Å². The number of hydrogen-bond donors (Lipinski definition) is 3. The van der Waals surface area contributed by atoms with Gasteiger partial charge in [-0.05, 0) is 44.1 Å². The highest BCUT2D eigenvalue weighted by Crippen LogP contribution is 2.22. The topological polar surface area (TPSA) is 87.3 Å². The highest BCUT2D eigenvalue weighted by Gasteiger charge is 2.25. The summed E-state index contributed by atoms with van der Waals surface area (Å²) in [7, 11) is 0. The fraction of sp³-hybridized carbons (Fsp3) is 0.357. The van der Waals surface area contributed by atoms with Gasteiger partial charge >= 0.3 is 11.8 Å². The van der Waals surface area contributed by atoms with Crippen molar-refractivity contribution in [3.63, 3.8) is 0 Å². The largest absolute Gasteiger partial charge is 0.318 e. The van der Waals surface area contributed by atoms with Crippen molar-refractivity contribution in [3.05, 3.63) is 28.2 Å². The van der Waals surface area contributed by atoms with Gasteiger partial charge in [-0.2, -0.15) is 0 Å². The summed E-state index contributed by atoms with van der Waals surface area (Å²) in [4.78, 5) is 35.4. The van der Waals surface area contributed by atoms with E-state index in [1.54, 1.807) is 0 Å². The van der Waals surface area contributed by atoms with Gasteiger partial charge in [0.25, 0.3) is 0 Å². The minimum absolute atomic E-state index is 0.251. The van der Waals surface area contributed by atoms with Gasteiger partial charge in [-0.3, -0.25) is 19.7 Å². The molecule has 1 heterocycles. The number of carbonyl (C=O) groups is 3. The van der Waals surface area contributed by atoms with Crippen molar-refractivity contribution in [1.82, 2.24) is 10.6 Å². The molecule has 0 aromatic heterocycles. The number of anilines is 1. The lowest BCUT2D eigenvalue weighted by Crippen LogP contribution is -2.44. The van der Waals surface area contributed by atoms with E-state index in [4.69, 9.17) is 23.2 Å². The molecule has 3 amide bonds. The van der Waals surface area contributed by atoms with E-state index >= 15 is 0 Å². The normalized spacial score (nSPS) is 15.2. The van der Waals surface area contributed by atoms with Crippen molar-refractivity contribution in [3.8, 4) is 0 Å². The van der Waals surface area contributed by atoms with Crippen molar-refractivity contribution < 1.29 is 14.4 Å². The second kappa shape index (κ2) is 7.58. The van der Waals surface area contributed by atoms with Crippen LogP contribution in [0.4, 0.5) is 5.69 Å². The van der Waals surface area contributed by atoms with Crippen LogP contribution in [0.2, 0.25) is 10.0 Å². The summed E-state index contributed by atoms with van der Waals surface area (Å²) < 4.78 is 0. The Balaban J connectivity index is 1.91. The van der Waals surface area contributed by atoms with Gasteiger partial charge in [0, 0.05) is 21.7 Å². The molecule has 3 N–H and O–H groups in total. The zero-order valence-electron chi connectivity index (χ0n) is 11.6. The number of amides is 3. The first kappa shape index (κ1) is 16.7. The summed E-state index contributed by atoms with van der Waals surface area (Å²) in [6.07, 6.45) is 1.29. The Bertz CT molecular complexity index is 581. The molecule has 6 nitrogen and oxygen atoms in total. The molecule has 1 saturated heterocycles. The number of hydrogen-bond acceptors (Lipinski definition) is 4. The van der Waals surface area contributed by atoms with Crippen LogP contribution < -0.4 is 16.0 Å². The van der Waals surface area contributed by atoms with Crippen LogP contribution in [0.5, 0.6) is 0 Å². The SMILES string of the molecule is O=C(NC(=O)C1CCNCC1)C(=O)Nc1cc(Cl)cc(Cl)c1. The summed E-state index contributed by atoms with van der Waals surface area (Å²) in [6, 6.07) is 4.40. The minimum Gasteiger partial charge on any atom is -0.318 e. The Kier molecular flexibility index (Phi) is 5.76. The zero-order valence-corrected chi connectivity index (χ0v) is 13.1. The number of rotatable bonds is 2. The van der Waals surface area contributed by atoms with Gasteiger partial charge in [0.1, 0.15) is 0 Å². The lowest BCUT2D eigenvalue weighted by atomic mass is 9.97. The van der Waals surface area contributed by atoms with Crippen LogP contribution in [0.3, 0.4) is 0 Å². The summed E-state index contributed by atoms with van der Waals surface area (Å²) in [5.74, 6) is -2.62. The molecule has 1 aliphatic heterocycles. The smallest absolute Gasteiger partial charge is 0.316 e. The fourth-order valence-corrected chi connectivity index (χ4v) is 2.69. The molecule has 2 rings (SSSR count). The van der Waals surface area contributed by atoms with E-state index in [0.717, 1.165) is 13.1 Å². The summed E-state index contributed by atoms with van der Waals surface area (Å²) in [6.45, 7) is 1.44. The number of piperidine rings is 1. The lowest BCUT2D eigenvalue weighted by molar-refractivity contribution is -0.141. The second-order valence-electron chi connectivity index (χ2n) is 4.95. The summed E-state index contributed by atoms with van der Waals surface area (Å²) in [5.41, 5.74) is 0.284. The maximum Gasteiger partial charge on any atom is 0.316 e. The number of benzene rings is 1. The van der Waals surface area contributed by atoms with Crippen molar-refractivity contribution in [2.75, 3.05) is 18.4 Å². The van der Waals surface area contributed by atoms with Gasteiger partial charge in [-0.25, -0.2) is 0 Å². The van der Waals surface area contributed by atoms with Gasteiger partial charge in [-0.1, -0.05) is 23.2 Å². The van der Waals surface area contributed by atoms with Crippen LogP contribution in [0.25, 0.3) is 0 Å². The second-order valence-corrected chi connectivity index (χ2v) is 5.83. The first-order valence-corrected chi connectivity index (χ1v) is 7.54. The Labute approximate surface area is 137 Å². The molecule has 0 saturated carbocycles. The molecule has 0 atom stereocenters. The standard InChI is InChI=1S/C14H15Cl2N3O3/c15-9-5-10(16)7-11(6-9)18-13(21)14(22)19-12(20)8-1-3-17-4-2-8/h5-8,17H,1-4H2,(H,18,21)(H,19,20,22). The van der Waals surface area contributed by atoms with Crippen molar-refractivity contribution in [2.45, 2.75) is 12.8 Å². The molecule has 0 unspecified atom stereocenters. The summed E-state index contributed by atoms with van der Waals surface area (Å²) in [5, 5.41) is 8.24. The van der Waals surface area contributed by atoms with Gasteiger partial charge in [-0.15, -0.1) is 0 Å². The Hall–Kier alpha value is -1.63. The third-order valence-electron chi connectivity index (χ3n) is 3.27. The Morgan fingerprint density at radius 3 is 2.18 bits per heavy atom. The van der Waals surface area contributed by atoms with Crippen molar-refractivity contribution >= 4 is 46.6 Å². The Morgan fingerprint density at radius 1 is 1.00 bits per heavy atom. The molecular formula is C14H15Cl2N3O3. The molecule has 8 heteroatoms. The third kappa shape index (κ3) is 4.69. The van der Waals surface area contributed by atoms with Crippen LogP contribution in [-0.2, 0) is 14.4 Å². The average molecular weight is 344 g/mol. The van der Waals surface area contributed by atoms with E-state index in [2.05, 4.69) is 16.0 Å². The van der Waals surface area contributed by atoms with Gasteiger partial charge < -0.3 is 10.6 Å². The fourth-order valence-electron chi connectivity index (χ4n) is 2.17. The monoisotopic (exact) mass is 343 g/mol. The van der Waals surface area contributed by atoms with Crippen LogP contribution in [0.15, 0.2) is 18.2 Å². The maximum absolute atomic E-state index is 11.9. The maximum atomic E-state index is 11.9. The molecule has 118 valence electrons. The first-order chi connectivity index (χ1) is 10.5. The number of halogens is 2. The van der Waals surface area contributed by atoms with E-state index in [1.807, 2.05) is 0 Å². The molecule has 0 aliphatic carbocycles. The molecule has 1 aliphatic rings. The van der Waals surface area contributed by atoms with Crippen molar-refractivity contribution in [1.29, 1.82) is 0 Å². The zero-order chi connectivity index (χ0) is 16.1. The predicted octanol–water partition coefficient (Wildman–Crippen LogP) is 1.57. The van der Waals surface area contributed by atoms with Gasteiger partial charge in [0.15, 0.2) is 0 Å². The van der Waals surface area contributed by atoms with E-state index in [9.17, 15) is 14.4 Å². The minimum atomic E-state index is -1.00. The van der Waals surface area contributed by atoms with E-state index in [0.29, 0.717) is 22.9 Å². The molecule has 0 radical (unpaired) electrons. The molecule has 0 bridgehead atoms. The van der Waals surface area contributed by atoms with E-state index < -0.39 is 17.7 Å². The number of imide groups is 1. The van der Waals surface area contributed by atoms with Crippen LogP contribution in [0, 0.1) is 5.92 Å². The lowest BCUT2D eigenvalue weighted by Gasteiger charge is -2.21. The van der Waals surface area contributed by atoms with E-state index in [-0.39, 0.29) is 11.6 Å². The predicted molar refractivity (Wildman–Crippen MR) is 83.8 cm³/mol. The highest BCUT2D eigenvalue weighted by molar-refractivity contribution is 6.42.